The number of anilines is 1. The predicted molar refractivity (Wildman–Crippen MR) is 93.1 cm³/mol. The fourth-order valence-corrected chi connectivity index (χ4v) is 3.88. The van der Waals surface area contributed by atoms with E-state index in [2.05, 4.69) is 22.1 Å². The van der Waals surface area contributed by atoms with Gasteiger partial charge >= 0.3 is 0 Å². The number of nitrogens with one attached hydrogen (secondary N) is 1. The number of carbonyl (C=O) groups excluding carboxylic acids is 1. The van der Waals surface area contributed by atoms with Crippen LogP contribution in [-0.4, -0.2) is 29.9 Å². The molecular weight excluding hydrogens is 294 g/mol. The van der Waals surface area contributed by atoms with Gasteiger partial charge in [-0.05, 0) is 45.7 Å². The second-order valence-corrected chi connectivity index (χ2v) is 7.59. The lowest BCUT2D eigenvalue weighted by atomic mass is 9.79. The number of hydrogen-bond acceptors (Lipinski definition) is 4. The van der Waals surface area contributed by atoms with Crippen molar-refractivity contribution in [3.05, 3.63) is 11.1 Å². The van der Waals surface area contributed by atoms with E-state index < -0.39 is 0 Å². The monoisotopic (exact) mass is 323 g/mol. The molecule has 0 bridgehead atoms. The van der Waals surface area contributed by atoms with Gasteiger partial charge in [-0.2, -0.15) is 0 Å². The van der Waals surface area contributed by atoms with Gasteiger partial charge in [0, 0.05) is 17.8 Å². The highest BCUT2D eigenvalue weighted by molar-refractivity contribution is 7.13. The zero-order valence-electron chi connectivity index (χ0n) is 14.1. The lowest BCUT2D eigenvalue weighted by molar-refractivity contribution is -0.121. The number of aromatic nitrogens is 1. The minimum absolute atomic E-state index is 0.166. The maximum Gasteiger partial charge on any atom is 0.229 e. The Kier molecular flexibility index (Phi) is 6.83. The average Bonchev–Trinajstić information content (AvgIpc) is 2.91. The predicted octanol–water partition coefficient (Wildman–Crippen LogP) is 4.14. The van der Waals surface area contributed by atoms with Crippen molar-refractivity contribution in [2.24, 2.45) is 11.8 Å². The lowest BCUT2D eigenvalue weighted by Crippen LogP contribution is -2.27. The summed E-state index contributed by atoms with van der Waals surface area (Å²) in [5.74, 6) is 1.19. The SMILES string of the molecule is CCCCC1CCC(C(=O)Nc2nc(CN(C)C)cs2)CC1. The summed E-state index contributed by atoms with van der Waals surface area (Å²) in [6.45, 7) is 3.06. The van der Waals surface area contributed by atoms with Gasteiger partial charge in [0.05, 0.1) is 5.69 Å². The molecule has 1 aromatic rings. The Morgan fingerprint density at radius 3 is 2.73 bits per heavy atom. The number of carbonyl (C=O) groups is 1. The smallest absolute Gasteiger partial charge is 0.229 e. The van der Waals surface area contributed by atoms with Gasteiger partial charge in [0.1, 0.15) is 0 Å². The Hall–Kier alpha value is -0.940. The summed E-state index contributed by atoms with van der Waals surface area (Å²) < 4.78 is 0. The third-order valence-corrected chi connectivity index (χ3v) is 5.25. The Labute approximate surface area is 138 Å². The van der Waals surface area contributed by atoms with Crippen molar-refractivity contribution in [2.45, 2.75) is 58.4 Å². The van der Waals surface area contributed by atoms with E-state index in [9.17, 15) is 4.79 Å². The largest absolute Gasteiger partial charge is 0.304 e. The highest BCUT2D eigenvalue weighted by Gasteiger charge is 2.26. The van der Waals surface area contributed by atoms with Gasteiger partial charge in [0.15, 0.2) is 5.13 Å². The molecule has 2 rings (SSSR count). The van der Waals surface area contributed by atoms with E-state index in [1.807, 2.05) is 19.5 Å². The quantitative estimate of drug-likeness (QED) is 0.820. The topological polar surface area (TPSA) is 45.2 Å². The summed E-state index contributed by atoms with van der Waals surface area (Å²) in [6.07, 6.45) is 8.44. The van der Waals surface area contributed by atoms with Crippen LogP contribution in [0, 0.1) is 11.8 Å². The fourth-order valence-electron chi connectivity index (χ4n) is 3.17. The molecule has 1 saturated carbocycles. The number of hydrogen-bond donors (Lipinski definition) is 1. The molecule has 5 heteroatoms. The first-order valence-corrected chi connectivity index (χ1v) is 9.36. The van der Waals surface area contributed by atoms with Crippen molar-refractivity contribution in [3.63, 3.8) is 0 Å². The van der Waals surface area contributed by atoms with Crippen LogP contribution in [0.3, 0.4) is 0 Å². The van der Waals surface area contributed by atoms with Crippen LogP contribution in [-0.2, 0) is 11.3 Å². The molecule has 4 nitrogen and oxygen atoms in total. The van der Waals surface area contributed by atoms with Crippen LogP contribution in [0.4, 0.5) is 5.13 Å². The zero-order valence-corrected chi connectivity index (χ0v) is 14.9. The summed E-state index contributed by atoms with van der Waals surface area (Å²) in [7, 11) is 4.04. The Bertz CT molecular complexity index is 464. The lowest BCUT2D eigenvalue weighted by Gasteiger charge is -2.27. The molecule has 0 atom stereocenters. The molecular formula is C17H29N3OS. The number of amides is 1. The second kappa shape index (κ2) is 8.63. The minimum Gasteiger partial charge on any atom is -0.304 e. The van der Waals surface area contributed by atoms with Crippen LogP contribution < -0.4 is 5.32 Å². The summed E-state index contributed by atoms with van der Waals surface area (Å²) in [4.78, 5) is 18.9. The Morgan fingerprint density at radius 2 is 2.09 bits per heavy atom. The molecule has 1 aromatic heterocycles. The van der Waals surface area contributed by atoms with Crippen LogP contribution in [0.2, 0.25) is 0 Å². The number of thiazole rings is 1. The normalized spacial score (nSPS) is 22.0. The van der Waals surface area contributed by atoms with E-state index in [4.69, 9.17) is 0 Å². The van der Waals surface area contributed by atoms with Crippen LogP contribution in [0.5, 0.6) is 0 Å². The van der Waals surface area contributed by atoms with Crippen molar-refractivity contribution in [1.82, 2.24) is 9.88 Å². The Balaban J connectivity index is 1.77. The molecule has 0 aromatic carbocycles. The molecule has 0 spiro atoms. The molecule has 1 N–H and O–H groups in total. The van der Waals surface area contributed by atoms with Crippen LogP contribution in [0.1, 0.15) is 57.6 Å². The van der Waals surface area contributed by atoms with Gasteiger partial charge in [-0.25, -0.2) is 4.98 Å². The second-order valence-electron chi connectivity index (χ2n) is 6.73. The minimum atomic E-state index is 0.166. The maximum atomic E-state index is 12.4. The van der Waals surface area contributed by atoms with Gasteiger partial charge in [-0.1, -0.05) is 26.2 Å². The molecule has 1 amide bonds. The number of nitrogens with zero attached hydrogens (tertiary/aromatic N) is 2. The van der Waals surface area contributed by atoms with E-state index in [1.165, 1.54) is 43.4 Å². The molecule has 1 aliphatic carbocycles. The molecule has 0 radical (unpaired) electrons. The molecule has 0 unspecified atom stereocenters. The van der Waals surface area contributed by atoms with Crippen LogP contribution in [0.25, 0.3) is 0 Å². The first-order chi connectivity index (χ1) is 10.6. The summed E-state index contributed by atoms with van der Waals surface area (Å²) in [5.41, 5.74) is 1.02. The molecule has 1 aliphatic rings. The van der Waals surface area contributed by atoms with Gasteiger partial charge in [0.2, 0.25) is 5.91 Å². The van der Waals surface area contributed by atoms with Crippen molar-refractivity contribution in [3.8, 4) is 0 Å². The van der Waals surface area contributed by atoms with E-state index in [0.29, 0.717) is 0 Å². The molecule has 1 fully saturated rings. The number of unbranched alkanes of at least 4 members (excludes halogenated alkanes) is 1. The standard InChI is InChI=1S/C17H29N3OS/c1-4-5-6-13-7-9-14(10-8-13)16(21)19-17-18-15(12-22-17)11-20(2)3/h12-14H,4-11H2,1-3H3,(H,18,19,21). The van der Waals surface area contributed by atoms with Crippen molar-refractivity contribution in [2.75, 3.05) is 19.4 Å². The van der Waals surface area contributed by atoms with E-state index in [1.54, 1.807) is 0 Å². The van der Waals surface area contributed by atoms with E-state index in [-0.39, 0.29) is 11.8 Å². The van der Waals surface area contributed by atoms with Crippen molar-refractivity contribution < 1.29 is 4.79 Å². The maximum absolute atomic E-state index is 12.4. The third-order valence-electron chi connectivity index (χ3n) is 4.44. The zero-order chi connectivity index (χ0) is 15.9. The molecule has 124 valence electrons. The summed E-state index contributed by atoms with van der Waals surface area (Å²) in [5, 5.41) is 5.78. The first kappa shape index (κ1) is 17.4. The molecule has 22 heavy (non-hydrogen) atoms. The molecule has 1 heterocycles. The van der Waals surface area contributed by atoms with Gasteiger partial charge in [0.25, 0.3) is 0 Å². The van der Waals surface area contributed by atoms with Gasteiger partial charge in [-0.15, -0.1) is 11.3 Å². The van der Waals surface area contributed by atoms with Crippen molar-refractivity contribution >= 4 is 22.4 Å². The highest BCUT2D eigenvalue weighted by atomic mass is 32.1. The van der Waals surface area contributed by atoms with Gasteiger partial charge in [-0.3, -0.25) is 4.79 Å². The molecule has 0 saturated heterocycles. The molecule has 0 aliphatic heterocycles. The fraction of sp³-hybridized carbons (Fsp3) is 0.765. The number of rotatable bonds is 7. The first-order valence-electron chi connectivity index (χ1n) is 8.48. The highest BCUT2D eigenvalue weighted by Crippen LogP contribution is 2.32. The van der Waals surface area contributed by atoms with Crippen LogP contribution in [0.15, 0.2) is 5.38 Å². The average molecular weight is 324 g/mol. The van der Waals surface area contributed by atoms with Gasteiger partial charge < -0.3 is 10.2 Å². The summed E-state index contributed by atoms with van der Waals surface area (Å²) >= 11 is 1.53. The van der Waals surface area contributed by atoms with E-state index in [0.717, 1.165) is 36.1 Å². The van der Waals surface area contributed by atoms with E-state index >= 15 is 0 Å². The van der Waals surface area contributed by atoms with Crippen molar-refractivity contribution in [1.29, 1.82) is 0 Å². The summed E-state index contributed by atoms with van der Waals surface area (Å²) in [6, 6.07) is 0. The van der Waals surface area contributed by atoms with Crippen LogP contribution >= 0.6 is 11.3 Å². The third kappa shape index (κ3) is 5.36. The Morgan fingerprint density at radius 1 is 1.36 bits per heavy atom.